The molecule has 2 N–H and O–H groups in total. The summed E-state index contributed by atoms with van der Waals surface area (Å²) in [6.07, 6.45) is 0.842. The van der Waals surface area contributed by atoms with E-state index in [-0.39, 0.29) is 12.0 Å². The predicted molar refractivity (Wildman–Crippen MR) is 96.8 cm³/mol. The number of nitrogens with one attached hydrogen (secondary N) is 2. The monoisotopic (exact) mass is 338 g/mol. The van der Waals surface area contributed by atoms with E-state index < -0.39 is 11.8 Å². The Kier molecular flexibility index (Phi) is 4.74. The molecule has 0 radical (unpaired) electrons. The molecule has 1 fully saturated rings. The molecule has 0 spiro atoms. The van der Waals surface area contributed by atoms with E-state index in [4.69, 9.17) is 4.74 Å². The van der Waals surface area contributed by atoms with Crippen LogP contribution in [0.5, 0.6) is 5.75 Å². The van der Waals surface area contributed by atoms with E-state index in [0.29, 0.717) is 5.69 Å². The lowest BCUT2D eigenvalue weighted by Gasteiger charge is -2.08. The van der Waals surface area contributed by atoms with Crippen molar-refractivity contribution < 1.29 is 14.3 Å². The Morgan fingerprint density at radius 1 is 1.00 bits per heavy atom. The van der Waals surface area contributed by atoms with Crippen LogP contribution in [0.4, 0.5) is 5.69 Å². The van der Waals surface area contributed by atoms with Gasteiger partial charge in [-0.3, -0.25) is 9.59 Å². The van der Waals surface area contributed by atoms with Gasteiger partial charge in [0.25, 0.3) is 0 Å². The maximum Gasteiger partial charge on any atom is 0.313 e. The fourth-order valence-corrected chi connectivity index (χ4v) is 3.04. The number of anilines is 1. The van der Waals surface area contributed by atoms with Gasteiger partial charge in [-0.05, 0) is 61.2 Å². The zero-order chi connectivity index (χ0) is 18.0. The maximum atomic E-state index is 12.1. The van der Waals surface area contributed by atoms with E-state index in [9.17, 15) is 9.59 Å². The van der Waals surface area contributed by atoms with Crippen molar-refractivity contribution in [3.63, 3.8) is 0 Å². The Hall–Kier alpha value is -2.82. The van der Waals surface area contributed by atoms with Gasteiger partial charge in [0.15, 0.2) is 0 Å². The van der Waals surface area contributed by atoms with Crippen LogP contribution in [0.25, 0.3) is 0 Å². The number of aryl methyl sites for hydroxylation is 2. The summed E-state index contributed by atoms with van der Waals surface area (Å²) in [6.45, 7) is 3.90. The van der Waals surface area contributed by atoms with E-state index in [1.54, 1.807) is 7.11 Å². The van der Waals surface area contributed by atoms with Crippen molar-refractivity contribution in [3.8, 4) is 5.75 Å². The van der Waals surface area contributed by atoms with E-state index in [0.717, 1.165) is 28.9 Å². The molecule has 1 aliphatic rings. The fourth-order valence-electron chi connectivity index (χ4n) is 3.04. The van der Waals surface area contributed by atoms with Gasteiger partial charge in [0, 0.05) is 17.6 Å². The van der Waals surface area contributed by atoms with Crippen molar-refractivity contribution >= 4 is 17.5 Å². The molecule has 2 aromatic rings. The third kappa shape index (κ3) is 4.18. The van der Waals surface area contributed by atoms with E-state index in [1.807, 2.05) is 56.3 Å². The zero-order valence-corrected chi connectivity index (χ0v) is 14.6. The van der Waals surface area contributed by atoms with Crippen molar-refractivity contribution in [1.29, 1.82) is 0 Å². The number of ether oxygens (including phenoxy) is 1. The molecular weight excluding hydrogens is 316 g/mol. The highest BCUT2D eigenvalue weighted by molar-refractivity contribution is 6.39. The number of carbonyl (C=O) groups excluding carboxylic acids is 2. The molecule has 0 saturated heterocycles. The summed E-state index contributed by atoms with van der Waals surface area (Å²) in [6, 6.07) is 13.5. The van der Waals surface area contributed by atoms with Crippen LogP contribution >= 0.6 is 0 Å². The first kappa shape index (κ1) is 17.0. The Bertz CT molecular complexity index is 779. The summed E-state index contributed by atoms with van der Waals surface area (Å²) < 4.78 is 5.14. The maximum absolute atomic E-state index is 12.1. The van der Waals surface area contributed by atoms with Crippen molar-refractivity contribution in [1.82, 2.24) is 5.32 Å². The molecule has 2 aromatic carbocycles. The molecule has 25 heavy (non-hydrogen) atoms. The van der Waals surface area contributed by atoms with Gasteiger partial charge in [0.2, 0.25) is 0 Å². The van der Waals surface area contributed by atoms with Crippen molar-refractivity contribution in [2.75, 3.05) is 12.4 Å². The highest BCUT2D eigenvalue weighted by atomic mass is 16.5. The number of methoxy groups -OCH3 is 1. The molecule has 0 heterocycles. The van der Waals surface area contributed by atoms with E-state index >= 15 is 0 Å². The molecule has 5 nitrogen and oxygen atoms in total. The van der Waals surface area contributed by atoms with Gasteiger partial charge in [-0.25, -0.2) is 0 Å². The molecular formula is C20H22N2O3. The smallest absolute Gasteiger partial charge is 0.313 e. The largest absolute Gasteiger partial charge is 0.497 e. The second kappa shape index (κ2) is 6.97. The molecule has 130 valence electrons. The molecule has 1 saturated carbocycles. The van der Waals surface area contributed by atoms with Gasteiger partial charge < -0.3 is 15.4 Å². The predicted octanol–water partition coefficient (Wildman–Crippen LogP) is 2.92. The number of amides is 2. The molecule has 0 aromatic heterocycles. The van der Waals surface area contributed by atoms with Crippen LogP contribution in [0, 0.1) is 13.8 Å². The zero-order valence-electron chi connectivity index (χ0n) is 14.6. The summed E-state index contributed by atoms with van der Waals surface area (Å²) in [7, 11) is 1.63. The lowest BCUT2D eigenvalue weighted by molar-refractivity contribution is -0.136. The lowest BCUT2D eigenvalue weighted by Crippen LogP contribution is -2.37. The van der Waals surface area contributed by atoms with Crippen molar-refractivity contribution in [3.05, 3.63) is 59.2 Å². The topological polar surface area (TPSA) is 67.4 Å². The molecule has 3 rings (SSSR count). The van der Waals surface area contributed by atoms with Crippen LogP contribution in [-0.4, -0.2) is 25.0 Å². The second-order valence-electron chi connectivity index (χ2n) is 6.53. The van der Waals surface area contributed by atoms with Crippen LogP contribution in [-0.2, 0) is 9.59 Å². The van der Waals surface area contributed by atoms with E-state index in [1.165, 1.54) is 0 Å². The van der Waals surface area contributed by atoms with Gasteiger partial charge in [-0.15, -0.1) is 0 Å². The van der Waals surface area contributed by atoms with Crippen LogP contribution in [0.2, 0.25) is 0 Å². The SMILES string of the molecule is COc1ccc([C@@H]2C[C@@H]2NC(=O)C(=O)Nc2cc(C)cc(C)c2)cc1. The van der Waals surface area contributed by atoms with E-state index in [2.05, 4.69) is 10.6 Å². The second-order valence-corrected chi connectivity index (χ2v) is 6.53. The minimum absolute atomic E-state index is 0.00545. The van der Waals surface area contributed by atoms with Gasteiger partial charge in [0.05, 0.1) is 7.11 Å². The average molecular weight is 338 g/mol. The molecule has 2 amide bonds. The average Bonchev–Trinajstić information content (AvgIpc) is 3.33. The third-order valence-corrected chi connectivity index (χ3v) is 4.34. The normalized spacial score (nSPS) is 18.4. The number of hydrogen-bond acceptors (Lipinski definition) is 3. The van der Waals surface area contributed by atoms with Crippen LogP contribution < -0.4 is 15.4 Å². The minimum Gasteiger partial charge on any atom is -0.497 e. The number of carbonyl (C=O) groups is 2. The fraction of sp³-hybridized carbons (Fsp3) is 0.300. The molecule has 5 heteroatoms. The van der Waals surface area contributed by atoms with Crippen LogP contribution in [0.3, 0.4) is 0 Å². The molecule has 0 unspecified atom stereocenters. The first-order valence-corrected chi connectivity index (χ1v) is 8.30. The molecule has 0 bridgehead atoms. The minimum atomic E-state index is -0.634. The Morgan fingerprint density at radius 3 is 2.24 bits per heavy atom. The van der Waals surface area contributed by atoms with Crippen LogP contribution in [0.1, 0.15) is 29.0 Å². The standard InChI is InChI=1S/C20H22N2O3/c1-12-8-13(2)10-15(9-12)21-19(23)20(24)22-18-11-17(18)14-4-6-16(25-3)7-5-14/h4-10,17-18H,11H2,1-3H3,(H,21,23)(H,22,24)/t17-,18-/m0/s1. The summed E-state index contributed by atoms with van der Waals surface area (Å²) in [4.78, 5) is 24.2. The Morgan fingerprint density at radius 2 is 1.64 bits per heavy atom. The first-order chi connectivity index (χ1) is 12.0. The Labute approximate surface area is 147 Å². The summed E-state index contributed by atoms with van der Waals surface area (Å²) in [5.41, 5.74) is 3.86. The first-order valence-electron chi connectivity index (χ1n) is 8.30. The summed E-state index contributed by atoms with van der Waals surface area (Å²) >= 11 is 0. The van der Waals surface area contributed by atoms with Gasteiger partial charge >= 0.3 is 11.8 Å². The van der Waals surface area contributed by atoms with Crippen molar-refractivity contribution in [2.24, 2.45) is 0 Å². The molecule has 0 aliphatic heterocycles. The van der Waals surface area contributed by atoms with Crippen molar-refractivity contribution in [2.45, 2.75) is 32.2 Å². The molecule has 2 atom stereocenters. The van der Waals surface area contributed by atoms with Crippen LogP contribution in [0.15, 0.2) is 42.5 Å². The summed E-state index contributed by atoms with van der Waals surface area (Å²) in [5.74, 6) is -0.174. The third-order valence-electron chi connectivity index (χ3n) is 4.34. The Balaban J connectivity index is 1.54. The number of hydrogen-bond donors (Lipinski definition) is 2. The highest BCUT2D eigenvalue weighted by Crippen LogP contribution is 2.41. The van der Waals surface area contributed by atoms with Gasteiger partial charge in [-0.2, -0.15) is 0 Å². The molecule has 1 aliphatic carbocycles. The number of benzene rings is 2. The number of rotatable bonds is 4. The lowest BCUT2D eigenvalue weighted by atomic mass is 10.1. The summed E-state index contributed by atoms with van der Waals surface area (Å²) in [5, 5.41) is 5.46. The van der Waals surface area contributed by atoms with Gasteiger partial charge in [-0.1, -0.05) is 18.2 Å². The quantitative estimate of drug-likeness (QED) is 0.842. The van der Waals surface area contributed by atoms with Gasteiger partial charge in [0.1, 0.15) is 5.75 Å². The highest BCUT2D eigenvalue weighted by Gasteiger charge is 2.40.